The SMILES string of the molecule is CC.CCC(C)C(=O)NCC(C)C. The van der Waals surface area contributed by atoms with Crippen LogP contribution in [0.4, 0.5) is 0 Å². The Bertz CT molecular complexity index is 121. The maximum Gasteiger partial charge on any atom is 0.222 e. The Balaban J connectivity index is 0. The van der Waals surface area contributed by atoms with Gasteiger partial charge in [-0.2, -0.15) is 0 Å². The Morgan fingerprint density at radius 3 is 2.00 bits per heavy atom. The molecule has 0 bridgehead atoms. The molecule has 0 aliphatic carbocycles. The van der Waals surface area contributed by atoms with Gasteiger partial charge in [0.15, 0.2) is 0 Å². The Morgan fingerprint density at radius 2 is 1.69 bits per heavy atom. The van der Waals surface area contributed by atoms with E-state index in [2.05, 4.69) is 19.2 Å². The molecule has 0 aromatic heterocycles. The van der Waals surface area contributed by atoms with E-state index in [-0.39, 0.29) is 11.8 Å². The van der Waals surface area contributed by atoms with E-state index in [0.29, 0.717) is 5.92 Å². The molecule has 0 aromatic carbocycles. The number of amides is 1. The van der Waals surface area contributed by atoms with Crippen molar-refractivity contribution in [2.75, 3.05) is 6.54 Å². The van der Waals surface area contributed by atoms with Crippen LogP contribution in [0.1, 0.15) is 48.0 Å². The summed E-state index contributed by atoms with van der Waals surface area (Å²) in [6.45, 7) is 13.0. The maximum absolute atomic E-state index is 11.2. The molecule has 2 heteroatoms. The van der Waals surface area contributed by atoms with Gasteiger partial charge in [0.1, 0.15) is 0 Å². The molecule has 0 rings (SSSR count). The zero-order chi connectivity index (χ0) is 10.9. The highest BCUT2D eigenvalue weighted by Gasteiger charge is 2.09. The van der Waals surface area contributed by atoms with Crippen LogP contribution < -0.4 is 5.32 Å². The zero-order valence-corrected chi connectivity index (χ0v) is 9.98. The van der Waals surface area contributed by atoms with Gasteiger partial charge < -0.3 is 5.32 Å². The fourth-order valence-electron chi connectivity index (χ4n) is 0.664. The second kappa shape index (κ2) is 9.56. The minimum atomic E-state index is 0.161. The molecule has 1 unspecified atom stereocenters. The summed E-state index contributed by atoms with van der Waals surface area (Å²) in [5.41, 5.74) is 0. The van der Waals surface area contributed by atoms with Crippen LogP contribution in [-0.4, -0.2) is 12.5 Å². The molecule has 0 radical (unpaired) electrons. The Morgan fingerprint density at radius 1 is 1.23 bits per heavy atom. The summed E-state index contributed by atoms with van der Waals surface area (Å²) in [4.78, 5) is 11.2. The smallest absolute Gasteiger partial charge is 0.222 e. The van der Waals surface area contributed by atoms with Crippen LogP contribution in [0.3, 0.4) is 0 Å². The van der Waals surface area contributed by atoms with Crippen molar-refractivity contribution < 1.29 is 4.79 Å². The third-order valence-corrected chi connectivity index (χ3v) is 1.74. The standard InChI is InChI=1S/C9H19NO.C2H6/c1-5-8(4)9(11)10-6-7(2)3;1-2/h7-8H,5-6H2,1-4H3,(H,10,11);1-2H3. The summed E-state index contributed by atoms with van der Waals surface area (Å²) < 4.78 is 0. The predicted molar refractivity (Wildman–Crippen MR) is 58.7 cm³/mol. The van der Waals surface area contributed by atoms with Crippen molar-refractivity contribution in [1.29, 1.82) is 0 Å². The first-order valence-corrected chi connectivity index (χ1v) is 5.35. The molecule has 80 valence electrons. The fraction of sp³-hybridized carbons (Fsp3) is 0.909. The largest absolute Gasteiger partial charge is 0.356 e. The predicted octanol–water partition coefficient (Wildman–Crippen LogP) is 2.83. The summed E-state index contributed by atoms with van der Waals surface area (Å²) in [5, 5.41) is 2.89. The molecule has 1 N–H and O–H groups in total. The summed E-state index contributed by atoms with van der Waals surface area (Å²) in [7, 11) is 0. The van der Waals surface area contributed by atoms with Crippen molar-refractivity contribution in [3.8, 4) is 0 Å². The molecule has 0 aliphatic rings. The number of hydrogen-bond donors (Lipinski definition) is 1. The lowest BCUT2D eigenvalue weighted by Gasteiger charge is -2.11. The van der Waals surface area contributed by atoms with Crippen LogP contribution in [-0.2, 0) is 4.79 Å². The van der Waals surface area contributed by atoms with E-state index in [1.165, 1.54) is 0 Å². The van der Waals surface area contributed by atoms with Gasteiger partial charge in [-0.3, -0.25) is 4.79 Å². The molecule has 0 heterocycles. The molecular weight excluding hydrogens is 162 g/mol. The van der Waals surface area contributed by atoms with Gasteiger partial charge in [0.2, 0.25) is 5.91 Å². The van der Waals surface area contributed by atoms with Gasteiger partial charge in [-0.15, -0.1) is 0 Å². The molecule has 1 amide bonds. The Hall–Kier alpha value is -0.530. The monoisotopic (exact) mass is 187 g/mol. The summed E-state index contributed by atoms with van der Waals surface area (Å²) in [5.74, 6) is 0.887. The average molecular weight is 187 g/mol. The highest BCUT2D eigenvalue weighted by atomic mass is 16.1. The number of carbonyl (C=O) groups excluding carboxylic acids is 1. The third kappa shape index (κ3) is 9.38. The molecule has 0 aliphatic heterocycles. The van der Waals surface area contributed by atoms with Crippen LogP contribution in [0.25, 0.3) is 0 Å². The summed E-state index contributed by atoms with van der Waals surface area (Å²) >= 11 is 0. The Kier molecular flexibility index (Phi) is 11.0. The maximum atomic E-state index is 11.2. The van der Waals surface area contributed by atoms with E-state index >= 15 is 0 Å². The van der Waals surface area contributed by atoms with Crippen molar-refractivity contribution in [1.82, 2.24) is 5.32 Å². The van der Waals surface area contributed by atoms with Crippen molar-refractivity contribution in [3.05, 3.63) is 0 Å². The molecule has 0 aromatic rings. The number of rotatable bonds is 4. The lowest BCUT2D eigenvalue weighted by Crippen LogP contribution is -2.31. The highest BCUT2D eigenvalue weighted by molar-refractivity contribution is 5.78. The van der Waals surface area contributed by atoms with Gasteiger partial charge >= 0.3 is 0 Å². The van der Waals surface area contributed by atoms with E-state index in [4.69, 9.17) is 0 Å². The van der Waals surface area contributed by atoms with Crippen molar-refractivity contribution in [2.45, 2.75) is 48.0 Å². The summed E-state index contributed by atoms with van der Waals surface area (Å²) in [6, 6.07) is 0. The number of carbonyl (C=O) groups is 1. The molecule has 1 atom stereocenters. The molecule has 0 fully saturated rings. The molecule has 2 nitrogen and oxygen atoms in total. The number of nitrogens with one attached hydrogen (secondary N) is 1. The quantitative estimate of drug-likeness (QED) is 0.720. The van der Waals surface area contributed by atoms with Gasteiger partial charge in [0, 0.05) is 12.5 Å². The summed E-state index contributed by atoms with van der Waals surface area (Å²) in [6.07, 6.45) is 0.921. The van der Waals surface area contributed by atoms with E-state index in [9.17, 15) is 4.79 Å². The minimum Gasteiger partial charge on any atom is -0.356 e. The lowest BCUT2D eigenvalue weighted by molar-refractivity contribution is -0.124. The first kappa shape index (κ1) is 15.0. The van der Waals surface area contributed by atoms with Gasteiger partial charge in [-0.25, -0.2) is 0 Å². The van der Waals surface area contributed by atoms with Gasteiger partial charge in [-0.05, 0) is 12.3 Å². The van der Waals surface area contributed by atoms with Crippen molar-refractivity contribution in [3.63, 3.8) is 0 Å². The first-order chi connectivity index (χ1) is 6.07. The van der Waals surface area contributed by atoms with E-state index in [1.807, 2.05) is 27.7 Å². The molecular formula is C11H25NO. The van der Waals surface area contributed by atoms with Crippen molar-refractivity contribution >= 4 is 5.91 Å². The van der Waals surface area contributed by atoms with E-state index in [1.54, 1.807) is 0 Å². The van der Waals surface area contributed by atoms with Crippen molar-refractivity contribution in [2.24, 2.45) is 11.8 Å². The van der Waals surface area contributed by atoms with Crippen LogP contribution >= 0.6 is 0 Å². The van der Waals surface area contributed by atoms with E-state index < -0.39 is 0 Å². The molecule has 0 saturated carbocycles. The van der Waals surface area contributed by atoms with Crippen LogP contribution in [0.15, 0.2) is 0 Å². The fourth-order valence-corrected chi connectivity index (χ4v) is 0.664. The topological polar surface area (TPSA) is 29.1 Å². The van der Waals surface area contributed by atoms with Gasteiger partial charge in [-0.1, -0.05) is 41.5 Å². The highest BCUT2D eigenvalue weighted by Crippen LogP contribution is 1.99. The average Bonchev–Trinajstić information content (AvgIpc) is 2.16. The van der Waals surface area contributed by atoms with Gasteiger partial charge in [0.25, 0.3) is 0 Å². The van der Waals surface area contributed by atoms with E-state index in [0.717, 1.165) is 13.0 Å². The second-order valence-corrected chi connectivity index (χ2v) is 3.45. The van der Waals surface area contributed by atoms with Crippen LogP contribution in [0, 0.1) is 11.8 Å². The first-order valence-electron chi connectivity index (χ1n) is 5.35. The lowest BCUT2D eigenvalue weighted by atomic mass is 10.1. The molecule has 0 spiro atoms. The van der Waals surface area contributed by atoms with Gasteiger partial charge in [0.05, 0.1) is 0 Å². The zero-order valence-electron chi connectivity index (χ0n) is 9.98. The number of hydrogen-bond acceptors (Lipinski definition) is 1. The molecule has 0 saturated heterocycles. The minimum absolute atomic E-state index is 0.161. The normalized spacial score (nSPS) is 11.6. The van der Waals surface area contributed by atoms with Crippen LogP contribution in [0.2, 0.25) is 0 Å². The Labute approximate surface area is 83.1 Å². The van der Waals surface area contributed by atoms with Crippen LogP contribution in [0.5, 0.6) is 0 Å². The molecule has 13 heavy (non-hydrogen) atoms. The second-order valence-electron chi connectivity index (χ2n) is 3.45. The third-order valence-electron chi connectivity index (χ3n) is 1.74.